The van der Waals surface area contributed by atoms with Crippen molar-refractivity contribution in [1.29, 1.82) is 0 Å². The molecule has 0 aliphatic carbocycles. The average molecular weight is 286 g/mol. The highest BCUT2D eigenvalue weighted by atomic mass is 32.2. The van der Waals surface area contributed by atoms with E-state index in [4.69, 9.17) is 0 Å². The lowest BCUT2D eigenvalue weighted by Crippen LogP contribution is -2.42. The third-order valence-electron chi connectivity index (χ3n) is 2.30. The Hall–Kier alpha value is -0.180. The molecule has 0 radical (unpaired) electrons. The van der Waals surface area contributed by atoms with Gasteiger partial charge in [0.1, 0.15) is 0 Å². The molecule has 8 heteroatoms. The zero-order chi connectivity index (χ0) is 13.7. The molecule has 0 saturated carbocycles. The molecule has 0 aromatic carbocycles. The Labute approximate surface area is 104 Å². The summed E-state index contributed by atoms with van der Waals surface area (Å²) in [6.07, 6.45) is 0. The zero-order valence-corrected chi connectivity index (χ0v) is 12.4. The van der Waals surface area contributed by atoms with Gasteiger partial charge in [-0.05, 0) is 19.3 Å². The highest BCUT2D eigenvalue weighted by molar-refractivity contribution is 7.89. The molecule has 0 saturated heterocycles. The molecule has 0 rings (SSSR count). The molecule has 0 aliphatic rings. The molecule has 0 amide bonds. The van der Waals surface area contributed by atoms with E-state index >= 15 is 0 Å². The van der Waals surface area contributed by atoms with Gasteiger partial charge in [-0.25, -0.2) is 26.3 Å². The van der Waals surface area contributed by atoms with Crippen LogP contribution in [0.4, 0.5) is 0 Å². The maximum atomic E-state index is 11.3. The number of hydrogen-bond donors (Lipinski definition) is 2. The second-order valence-corrected chi connectivity index (χ2v) is 8.80. The Morgan fingerprint density at radius 2 is 1.12 bits per heavy atom. The van der Waals surface area contributed by atoms with Gasteiger partial charge in [-0.1, -0.05) is 13.8 Å². The third-order valence-corrected chi connectivity index (χ3v) is 4.99. The SMILES string of the molecule is CCS(=O)(=O)NCC(C)(C)CNS(=O)(=O)CC. The minimum absolute atomic E-state index is 0.0176. The van der Waals surface area contributed by atoms with E-state index in [1.807, 2.05) is 0 Å². The van der Waals surface area contributed by atoms with Crippen LogP contribution in [0.5, 0.6) is 0 Å². The molecule has 0 bridgehead atoms. The number of sulfonamides is 2. The molecule has 0 aliphatic heterocycles. The van der Waals surface area contributed by atoms with Crippen LogP contribution in [0.3, 0.4) is 0 Å². The van der Waals surface area contributed by atoms with Crippen molar-refractivity contribution in [3.63, 3.8) is 0 Å². The van der Waals surface area contributed by atoms with Crippen LogP contribution in [-0.2, 0) is 20.0 Å². The van der Waals surface area contributed by atoms with E-state index in [1.165, 1.54) is 0 Å². The molecule has 0 fully saturated rings. The lowest BCUT2D eigenvalue weighted by molar-refractivity contribution is 0.361. The van der Waals surface area contributed by atoms with Crippen molar-refractivity contribution in [2.75, 3.05) is 24.6 Å². The normalized spacial score (nSPS) is 13.9. The van der Waals surface area contributed by atoms with Crippen molar-refractivity contribution in [1.82, 2.24) is 9.44 Å². The lowest BCUT2D eigenvalue weighted by atomic mass is 9.95. The number of hydrogen-bond acceptors (Lipinski definition) is 4. The maximum absolute atomic E-state index is 11.3. The monoisotopic (exact) mass is 286 g/mol. The smallest absolute Gasteiger partial charge is 0.211 e. The molecule has 6 nitrogen and oxygen atoms in total. The van der Waals surface area contributed by atoms with Crippen molar-refractivity contribution in [3.05, 3.63) is 0 Å². The van der Waals surface area contributed by atoms with Gasteiger partial charge in [0.2, 0.25) is 20.0 Å². The zero-order valence-electron chi connectivity index (χ0n) is 10.8. The van der Waals surface area contributed by atoms with Crippen molar-refractivity contribution in [3.8, 4) is 0 Å². The summed E-state index contributed by atoms with van der Waals surface area (Å²) in [5, 5.41) is 0. The molecule has 0 spiro atoms. The summed E-state index contributed by atoms with van der Waals surface area (Å²) in [5.74, 6) is 0.0353. The Balaban J connectivity index is 4.32. The first-order valence-electron chi connectivity index (χ1n) is 5.48. The highest BCUT2D eigenvalue weighted by Crippen LogP contribution is 2.12. The van der Waals surface area contributed by atoms with Gasteiger partial charge >= 0.3 is 0 Å². The summed E-state index contributed by atoms with van der Waals surface area (Å²) in [4.78, 5) is 0. The van der Waals surface area contributed by atoms with E-state index in [2.05, 4.69) is 9.44 Å². The Morgan fingerprint density at radius 3 is 1.35 bits per heavy atom. The maximum Gasteiger partial charge on any atom is 0.211 e. The first kappa shape index (κ1) is 16.8. The van der Waals surface area contributed by atoms with E-state index in [0.29, 0.717) is 0 Å². The van der Waals surface area contributed by atoms with Crippen LogP contribution in [-0.4, -0.2) is 41.4 Å². The molecule has 17 heavy (non-hydrogen) atoms. The summed E-state index contributed by atoms with van der Waals surface area (Å²) >= 11 is 0. The van der Waals surface area contributed by atoms with Crippen LogP contribution in [0.25, 0.3) is 0 Å². The lowest BCUT2D eigenvalue weighted by Gasteiger charge is -2.24. The minimum atomic E-state index is -3.24. The molecule has 0 aromatic rings. The van der Waals surface area contributed by atoms with Crippen molar-refractivity contribution >= 4 is 20.0 Å². The summed E-state index contributed by atoms with van der Waals surface area (Å²) < 4.78 is 49.9. The van der Waals surface area contributed by atoms with Crippen LogP contribution < -0.4 is 9.44 Å². The summed E-state index contributed by atoms with van der Waals surface area (Å²) in [6.45, 7) is 7.10. The average Bonchev–Trinajstić information content (AvgIpc) is 2.25. The van der Waals surface area contributed by atoms with Gasteiger partial charge in [0.05, 0.1) is 11.5 Å². The van der Waals surface area contributed by atoms with Gasteiger partial charge in [0, 0.05) is 13.1 Å². The topological polar surface area (TPSA) is 92.3 Å². The van der Waals surface area contributed by atoms with E-state index in [-0.39, 0.29) is 24.6 Å². The Bertz CT molecular complexity index is 386. The van der Waals surface area contributed by atoms with Crippen molar-refractivity contribution in [2.24, 2.45) is 5.41 Å². The number of rotatable bonds is 8. The molecular formula is C9H22N2O4S2. The number of nitrogens with one attached hydrogen (secondary N) is 2. The van der Waals surface area contributed by atoms with Gasteiger partial charge in [-0.15, -0.1) is 0 Å². The predicted molar refractivity (Wildman–Crippen MR) is 68.7 cm³/mol. The molecule has 0 heterocycles. The fourth-order valence-corrected chi connectivity index (χ4v) is 2.51. The first-order valence-corrected chi connectivity index (χ1v) is 8.79. The van der Waals surface area contributed by atoms with Crippen molar-refractivity contribution in [2.45, 2.75) is 27.7 Å². The highest BCUT2D eigenvalue weighted by Gasteiger charge is 2.22. The van der Waals surface area contributed by atoms with Crippen LogP contribution in [0, 0.1) is 5.41 Å². The van der Waals surface area contributed by atoms with Crippen molar-refractivity contribution < 1.29 is 16.8 Å². The van der Waals surface area contributed by atoms with E-state index < -0.39 is 25.5 Å². The van der Waals surface area contributed by atoms with Crippen LogP contribution in [0.2, 0.25) is 0 Å². The minimum Gasteiger partial charge on any atom is -0.215 e. The second-order valence-electron chi connectivity index (χ2n) is 4.61. The van der Waals surface area contributed by atoms with Crippen LogP contribution in [0.1, 0.15) is 27.7 Å². The van der Waals surface area contributed by atoms with Gasteiger partial charge in [0.15, 0.2) is 0 Å². The predicted octanol–water partition coefficient (Wildman–Crippen LogP) is -0.109. The third kappa shape index (κ3) is 7.69. The van der Waals surface area contributed by atoms with Gasteiger partial charge < -0.3 is 0 Å². The van der Waals surface area contributed by atoms with Gasteiger partial charge in [0.25, 0.3) is 0 Å². The second kappa shape index (κ2) is 6.12. The largest absolute Gasteiger partial charge is 0.215 e. The van der Waals surface area contributed by atoms with Gasteiger partial charge in [-0.3, -0.25) is 0 Å². The quantitative estimate of drug-likeness (QED) is 0.651. The van der Waals surface area contributed by atoms with Crippen LogP contribution >= 0.6 is 0 Å². The first-order chi connectivity index (χ1) is 7.54. The fraction of sp³-hybridized carbons (Fsp3) is 1.00. The van der Waals surface area contributed by atoms with E-state index in [0.717, 1.165) is 0 Å². The molecular weight excluding hydrogens is 264 g/mol. The van der Waals surface area contributed by atoms with Crippen LogP contribution in [0.15, 0.2) is 0 Å². The summed E-state index contributed by atoms with van der Waals surface area (Å²) in [5.41, 5.74) is -0.468. The molecule has 0 atom stereocenters. The van der Waals surface area contributed by atoms with E-state index in [9.17, 15) is 16.8 Å². The molecule has 2 N–H and O–H groups in total. The summed E-state index contributed by atoms with van der Waals surface area (Å²) in [6, 6.07) is 0. The Morgan fingerprint density at radius 1 is 0.824 bits per heavy atom. The Kier molecular flexibility index (Phi) is 6.06. The van der Waals surface area contributed by atoms with Gasteiger partial charge in [-0.2, -0.15) is 0 Å². The fourth-order valence-electron chi connectivity index (χ4n) is 0.877. The van der Waals surface area contributed by atoms with E-state index in [1.54, 1.807) is 27.7 Å². The molecule has 0 aromatic heterocycles. The summed E-state index contributed by atoms with van der Waals surface area (Å²) in [7, 11) is -6.48. The molecule has 0 unspecified atom stereocenters. The molecule has 104 valence electrons. The standard InChI is InChI=1S/C9H22N2O4S2/c1-5-16(12,13)10-7-9(3,4)8-11-17(14,15)6-2/h10-11H,5-8H2,1-4H3.